The van der Waals surface area contributed by atoms with Gasteiger partial charge in [0.15, 0.2) is 0 Å². The summed E-state index contributed by atoms with van der Waals surface area (Å²) in [5.41, 5.74) is 19.5. The maximum absolute atomic E-state index is 2.46. The Morgan fingerprint density at radius 3 is 1.91 bits per heavy atom. The molecule has 0 unspecified atom stereocenters. The van der Waals surface area contributed by atoms with Gasteiger partial charge >= 0.3 is 0 Å². The smallest absolute Gasteiger partial charge is 0.0468 e. The number of hydrogen-bond donors (Lipinski definition) is 0. The SMILES string of the molecule is CC1(C)c2ccccc2-c2ccc(-c3ccc(N(c4ccc(C5=CCCC=C5)cc4)c4ccc5c(c4)-c4c(ccc6c4sc4ccccc46)C5(C)C)cc3)cc21. The first-order chi connectivity index (χ1) is 27.3. The molecule has 0 bridgehead atoms. The highest BCUT2D eigenvalue weighted by molar-refractivity contribution is 7.26. The minimum Gasteiger partial charge on any atom is -0.310 e. The summed E-state index contributed by atoms with van der Waals surface area (Å²) in [6.07, 6.45) is 9.13. The van der Waals surface area contributed by atoms with E-state index in [2.05, 4.69) is 196 Å². The zero-order valence-corrected chi connectivity index (χ0v) is 33.2. The van der Waals surface area contributed by atoms with E-state index in [-0.39, 0.29) is 10.8 Å². The molecular weight excluding hydrogens is 695 g/mol. The summed E-state index contributed by atoms with van der Waals surface area (Å²) in [6, 6.07) is 55.1. The van der Waals surface area contributed by atoms with Gasteiger partial charge in [0.2, 0.25) is 0 Å². The molecule has 0 saturated carbocycles. The number of anilines is 3. The first-order valence-corrected chi connectivity index (χ1v) is 20.8. The topological polar surface area (TPSA) is 3.24 Å². The van der Waals surface area contributed by atoms with Crippen LogP contribution in [-0.4, -0.2) is 0 Å². The van der Waals surface area contributed by atoms with Gasteiger partial charge in [-0.3, -0.25) is 0 Å². The van der Waals surface area contributed by atoms with Gasteiger partial charge in [0.1, 0.15) is 0 Å². The highest BCUT2D eigenvalue weighted by Crippen LogP contribution is 2.55. The molecule has 0 fully saturated rings. The molecule has 270 valence electrons. The number of benzene rings is 7. The normalized spacial score (nSPS) is 15.7. The summed E-state index contributed by atoms with van der Waals surface area (Å²) < 4.78 is 2.74. The maximum Gasteiger partial charge on any atom is 0.0468 e. The molecule has 11 rings (SSSR count). The molecule has 1 aromatic heterocycles. The Morgan fingerprint density at radius 1 is 0.482 bits per heavy atom. The monoisotopic (exact) mass is 737 g/mol. The van der Waals surface area contributed by atoms with Gasteiger partial charge < -0.3 is 4.90 Å². The van der Waals surface area contributed by atoms with Crippen LogP contribution in [0.25, 0.3) is 59.1 Å². The van der Waals surface area contributed by atoms with Crippen LogP contribution in [0.5, 0.6) is 0 Å². The Labute approximate surface area is 333 Å². The van der Waals surface area contributed by atoms with E-state index in [1.807, 2.05) is 11.3 Å². The van der Waals surface area contributed by atoms with Gasteiger partial charge in [-0.1, -0.05) is 143 Å². The number of rotatable bonds is 5. The van der Waals surface area contributed by atoms with Crippen LogP contribution in [0.3, 0.4) is 0 Å². The lowest BCUT2D eigenvalue weighted by atomic mass is 9.81. The van der Waals surface area contributed by atoms with Crippen LogP contribution in [0.4, 0.5) is 17.1 Å². The van der Waals surface area contributed by atoms with E-state index in [4.69, 9.17) is 0 Å². The fourth-order valence-corrected chi connectivity index (χ4v) is 11.2. The molecule has 2 heteroatoms. The minimum atomic E-state index is -0.0886. The summed E-state index contributed by atoms with van der Waals surface area (Å²) in [6.45, 7) is 9.49. The standard InChI is InChI=1S/C54H43NS/c1-53(2)47-30-27-40(33-45(47)51-48(53)31-29-44-43-15-9-11-17-50(43)56-52(44)51)55(38-23-18-35(19-24-38)34-12-6-5-7-13-34)39-25-20-36(21-26-39)37-22-28-42-41-14-8-10-16-46(41)54(3,4)49(42)32-37/h6,8-33H,5,7H2,1-4H3. The molecule has 1 heterocycles. The van der Waals surface area contributed by atoms with Crippen molar-refractivity contribution in [1.82, 2.24) is 0 Å². The Kier molecular flexibility index (Phi) is 7.31. The Bertz CT molecular complexity index is 2950. The summed E-state index contributed by atoms with van der Waals surface area (Å²) in [4.78, 5) is 2.44. The van der Waals surface area contributed by atoms with Crippen molar-refractivity contribution in [1.29, 1.82) is 0 Å². The van der Waals surface area contributed by atoms with Gasteiger partial charge in [-0.2, -0.15) is 0 Å². The average Bonchev–Trinajstić information content (AvgIpc) is 3.81. The van der Waals surface area contributed by atoms with E-state index < -0.39 is 0 Å². The zero-order valence-electron chi connectivity index (χ0n) is 32.4. The van der Waals surface area contributed by atoms with Gasteiger partial charge in [0.25, 0.3) is 0 Å². The van der Waals surface area contributed by atoms with Gasteiger partial charge in [-0.15, -0.1) is 11.3 Å². The highest BCUT2D eigenvalue weighted by Gasteiger charge is 2.38. The quantitative estimate of drug-likeness (QED) is 0.170. The van der Waals surface area contributed by atoms with E-state index in [1.165, 1.54) is 92.6 Å². The van der Waals surface area contributed by atoms with E-state index in [0.717, 1.165) is 24.2 Å². The molecule has 0 saturated heterocycles. The van der Waals surface area contributed by atoms with Crippen LogP contribution in [-0.2, 0) is 10.8 Å². The fraction of sp³-hybridized carbons (Fsp3) is 0.148. The second-order valence-electron chi connectivity index (χ2n) is 16.8. The van der Waals surface area contributed by atoms with Crippen molar-refractivity contribution in [2.24, 2.45) is 0 Å². The van der Waals surface area contributed by atoms with Crippen molar-refractivity contribution in [3.8, 4) is 33.4 Å². The third-order valence-corrected chi connectivity index (χ3v) is 14.1. The van der Waals surface area contributed by atoms with Gasteiger partial charge in [0, 0.05) is 53.6 Å². The van der Waals surface area contributed by atoms with Crippen LogP contribution in [0, 0.1) is 0 Å². The van der Waals surface area contributed by atoms with E-state index in [1.54, 1.807) is 0 Å². The molecule has 0 radical (unpaired) electrons. The lowest BCUT2D eigenvalue weighted by Gasteiger charge is -2.27. The van der Waals surface area contributed by atoms with Crippen molar-refractivity contribution in [2.75, 3.05) is 4.90 Å². The zero-order chi connectivity index (χ0) is 37.8. The van der Waals surface area contributed by atoms with Crippen LogP contribution >= 0.6 is 11.3 Å². The predicted octanol–water partition coefficient (Wildman–Crippen LogP) is 15.5. The van der Waals surface area contributed by atoms with Crippen LogP contribution in [0.2, 0.25) is 0 Å². The van der Waals surface area contributed by atoms with E-state index >= 15 is 0 Å². The molecule has 0 aliphatic heterocycles. The van der Waals surface area contributed by atoms with Crippen molar-refractivity contribution in [2.45, 2.75) is 51.4 Å². The third kappa shape index (κ3) is 4.92. The molecular formula is C54H43NS. The Balaban J connectivity index is 1.04. The number of hydrogen-bond acceptors (Lipinski definition) is 2. The lowest BCUT2D eigenvalue weighted by molar-refractivity contribution is 0.660. The second kappa shape index (κ2) is 12.3. The van der Waals surface area contributed by atoms with Crippen molar-refractivity contribution >= 4 is 54.1 Å². The molecule has 56 heavy (non-hydrogen) atoms. The second-order valence-corrected chi connectivity index (χ2v) is 17.9. The van der Waals surface area contributed by atoms with Gasteiger partial charge in [-0.25, -0.2) is 0 Å². The van der Waals surface area contributed by atoms with Crippen LogP contribution in [0.1, 0.15) is 68.4 Å². The highest BCUT2D eigenvalue weighted by atomic mass is 32.1. The van der Waals surface area contributed by atoms with Crippen LogP contribution in [0.15, 0.2) is 164 Å². The summed E-state index contributed by atoms with van der Waals surface area (Å²) in [5.74, 6) is 0. The predicted molar refractivity (Wildman–Crippen MR) is 241 cm³/mol. The average molecular weight is 738 g/mol. The number of nitrogens with zero attached hydrogens (tertiary/aromatic N) is 1. The summed E-state index contributed by atoms with van der Waals surface area (Å²) >= 11 is 1.93. The van der Waals surface area contributed by atoms with E-state index in [0.29, 0.717) is 0 Å². The number of thiophene rings is 1. The molecule has 8 aromatic rings. The third-order valence-electron chi connectivity index (χ3n) is 12.9. The van der Waals surface area contributed by atoms with Crippen LogP contribution < -0.4 is 4.90 Å². The van der Waals surface area contributed by atoms with Crippen molar-refractivity contribution in [3.63, 3.8) is 0 Å². The largest absolute Gasteiger partial charge is 0.310 e. The molecule has 0 atom stereocenters. The first-order valence-electron chi connectivity index (χ1n) is 20.0. The van der Waals surface area contributed by atoms with Gasteiger partial charge in [0.05, 0.1) is 0 Å². The lowest BCUT2D eigenvalue weighted by Crippen LogP contribution is -2.15. The summed E-state index contributed by atoms with van der Waals surface area (Å²) in [5, 5.41) is 2.70. The first kappa shape index (κ1) is 33.4. The Hall–Kier alpha value is -5.96. The van der Waals surface area contributed by atoms with Crippen molar-refractivity contribution < 1.29 is 0 Å². The minimum absolute atomic E-state index is 0.0313. The molecule has 0 amide bonds. The molecule has 0 spiro atoms. The maximum atomic E-state index is 2.46. The number of allylic oxidation sites excluding steroid dienone is 4. The molecule has 1 nitrogen and oxygen atoms in total. The Morgan fingerprint density at radius 2 is 1.12 bits per heavy atom. The number of fused-ring (bicyclic) bond motifs is 10. The molecule has 3 aliphatic rings. The summed E-state index contributed by atoms with van der Waals surface area (Å²) in [7, 11) is 0. The van der Waals surface area contributed by atoms with E-state index in [9.17, 15) is 0 Å². The molecule has 7 aromatic carbocycles. The van der Waals surface area contributed by atoms with Gasteiger partial charge in [-0.05, 0) is 123 Å². The molecule has 0 N–H and O–H groups in total. The fourth-order valence-electron chi connectivity index (χ4n) is 9.91. The van der Waals surface area contributed by atoms with Crippen molar-refractivity contribution in [3.05, 3.63) is 192 Å². The molecule has 3 aliphatic carbocycles.